The molecule has 5 heteroatoms. The standard InChI is InChI=1S/C15H23ClN2OS/c1-3-17-12(2)11-18-15(19)5-4-10-20-14-8-6-13(16)7-9-14/h6-9,12,17H,3-5,10-11H2,1-2H3,(H,18,19)/t12-/m1/s1. The van der Waals surface area contributed by atoms with Crippen molar-refractivity contribution in [2.45, 2.75) is 37.6 Å². The number of nitrogens with one attached hydrogen (secondary N) is 2. The molecule has 1 aromatic rings. The molecule has 0 aromatic heterocycles. The molecule has 0 fully saturated rings. The van der Waals surface area contributed by atoms with Crippen molar-refractivity contribution in [1.82, 2.24) is 10.6 Å². The molecule has 0 bridgehead atoms. The predicted octanol–water partition coefficient (Wildman–Crippen LogP) is 3.33. The lowest BCUT2D eigenvalue weighted by molar-refractivity contribution is -0.121. The molecule has 1 aromatic carbocycles. The van der Waals surface area contributed by atoms with Crippen LogP contribution in [0.2, 0.25) is 5.02 Å². The first kappa shape index (κ1) is 17.3. The Morgan fingerprint density at radius 2 is 2.05 bits per heavy atom. The summed E-state index contributed by atoms with van der Waals surface area (Å²) in [6.45, 7) is 5.75. The SMILES string of the molecule is CCN[C@H](C)CNC(=O)CCCSc1ccc(Cl)cc1. The third kappa shape index (κ3) is 7.78. The first-order chi connectivity index (χ1) is 9.61. The molecule has 1 amide bonds. The fraction of sp³-hybridized carbons (Fsp3) is 0.533. The topological polar surface area (TPSA) is 41.1 Å². The van der Waals surface area contributed by atoms with Gasteiger partial charge in [0.1, 0.15) is 0 Å². The van der Waals surface area contributed by atoms with Crippen molar-refractivity contribution >= 4 is 29.3 Å². The number of likely N-dealkylation sites (N-methyl/N-ethyl adjacent to an activating group) is 1. The van der Waals surface area contributed by atoms with Gasteiger partial charge in [-0.3, -0.25) is 4.79 Å². The average molecular weight is 315 g/mol. The van der Waals surface area contributed by atoms with Crippen LogP contribution in [0.25, 0.3) is 0 Å². The molecular weight excluding hydrogens is 292 g/mol. The smallest absolute Gasteiger partial charge is 0.220 e. The lowest BCUT2D eigenvalue weighted by Crippen LogP contribution is -2.38. The number of halogens is 1. The highest BCUT2D eigenvalue weighted by atomic mass is 35.5. The van der Waals surface area contributed by atoms with E-state index in [1.807, 2.05) is 24.3 Å². The minimum absolute atomic E-state index is 0.131. The largest absolute Gasteiger partial charge is 0.355 e. The van der Waals surface area contributed by atoms with E-state index in [2.05, 4.69) is 24.5 Å². The maximum absolute atomic E-state index is 11.6. The number of thioether (sulfide) groups is 1. The van der Waals surface area contributed by atoms with Gasteiger partial charge < -0.3 is 10.6 Å². The van der Waals surface area contributed by atoms with E-state index in [9.17, 15) is 4.79 Å². The summed E-state index contributed by atoms with van der Waals surface area (Å²) in [5, 5.41) is 6.96. The molecule has 0 unspecified atom stereocenters. The number of hydrogen-bond donors (Lipinski definition) is 2. The van der Waals surface area contributed by atoms with Crippen LogP contribution in [0.5, 0.6) is 0 Å². The molecule has 0 saturated carbocycles. The summed E-state index contributed by atoms with van der Waals surface area (Å²) in [6.07, 6.45) is 1.47. The van der Waals surface area contributed by atoms with Crippen molar-refractivity contribution in [3.8, 4) is 0 Å². The van der Waals surface area contributed by atoms with Gasteiger partial charge >= 0.3 is 0 Å². The normalized spacial score (nSPS) is 12.2. The first-order valence-corrected chi connectivity index (χ1v) is 8.36. The van der Waals surface area contributed by atoms with Crippen molar-refractivity contribution in [2.24, 2.45) is 0 Å². The highest BCUT2D eigenvalue weighted by Crippen LogP contribution is 2.21. The molecule has 20 heavy (non-hydrogen) atoms. The number of rotatable bonds is 9. The summed E-state index contributed by atoms with van der Waals surface area (Å²) in [5.41, 5.74) is 0. The molecule has 112 valence electrons. The van der Waals surface area contributed by atoms with Crippen molar-refractivity contribution in [3.63, 3.8) is 0 Å². The van der Waals surface area contributed by atoms with Gasteiger partial charge in [0.25, 0.3) is 0 Å². The molecule has 0 aliphatic heterocycles. The van der Waals surface area contributed by atoms with Gasteiger partial charge in [0, 0.05) is 28.9 Å². The summed E-state index contributed by atoms with van der Waals surface area (Å²) in [6, 6.07) is 8.11. The van der Waals surface area contributed by atoms with Gasteiger partial charge in [0.05, 0.1) is 0 Å². The molecule has 0 aliphatic carbocycles. The molecule has 0 spiro atoms. The molecule has 0 radical (unpaired) electrons. The zero-order valence-corrected chi connectivity index (χ0v) is 13.7. The molecule has 1 rings (SSSR count). The third-order valence-electron chi connectivity index (χ3n) is 2.79. The molecule has 0 aliphatic rings. The van der Waals surface area contributed by atoms with Gasteiger partial charge in [-0.25, -0.2) is 0 Å². The second kappa shape index (κ2) is 10.1. The van der Waals surface area contributed by atoms with Crippen LogP contribution in [0.1, 0.15) is 26.7 Å². The Labute approximate surface area is 130 Å². The Hall–Kier alpha value is -0.710. The van der Waals surface area contributed by atoms with Crippen LogP contribution < -0.4 is 10.6 Å². The Balaban J connectivity index is 2.08. The Kier molecular flexibility index (Phi) is 8.74. The van der Waals surface area contributed by atoms with E-state index in [-0.39, 0.29) is 5.91 Å². The van der Waals surface area contributed by atoms with Crippen molar-refractivity contribution in [2.75, 3.05) is 18.8 Å². The molecule has 0 saturated heterocycles. The summed E-state index contributed by atoms with van der Waals surface area (Å²) in [4.78, 5) is 12.8. The number of benzene rings is 1. The van der Waals surface area contributed by atoms with E-state index in [4.69, 9.17) is 11.6 Å². The molecule has 3 nitrogen and oxygen atoms in total. The van der Waals surface area contributed by atoms with E-state index >= 15 is 0 Å². The van der Waals surface area contributed by atoms with E-state index in [0.29, 0.717) is 19.0 Å². The van der Waals surface area contributed by atoms with Crippen molar-refractivity contribution in [3.05, 3.63) is 29.3 Å². The van der Waals surface area contributed by atoms with E-state index < -0.39 is 0 Å². The molecule has 1 atom stereocenters. The lowest BCUT2D eigenvalue weighted by atomic mass is 10.3. The van der Waals surface area contributed by atoms with E-state index in [0.717, 1.165) is 23.7 Å². The fourth-order valence-corrected chi connectivity index (χ4v) is 2.71. The van der Waals surface area contributed by atoms with Gasteiger partial charge in [-0.05, 0) is 49.9 Å². The van der Waals surface area contributed by atoms with Crippen LogP contribution in [0.3, 0.4) is 0 Å². The predicted molar refractivity (Wildman–Crippen MR) is 87.6 cm³/mol. The third-order valence-corrected chi connectivity index (χ3v) is 4.14. The Morgan fingerprint density at radius 1 is 1.35 bits per heavy atom. The van der Waals surface area contributed by atoms with Crippen molar-refractivity contribution < 1.29 is 4.79 Å². The zero-order chi connectivity index (χ0) is 14.8. The molecular formula is C15H23ClN2OS. The van der Waals surface area contributed by atoms with E-state index in [1.54, 1.807) is 11.8 Å². The fourth-order valence-electron chi connectivity index (χ4n) is 1.73. The summed E-state index contributed by atoms with van der Waals surface area (Å²) >= 11 is 7.58. The van der Waals surface area contributed by atoms with Gasteiger partial charge in [-0.1, -0.05) is 18.5 Å². The van der Waals surface area contributed by atoms with Gasteiger partial charge in [-0.15, -0.1) is 11.8 Å². The van der Waals surface area contributed by atoms with Crippen LogP contribution in [0.15, 0.2) is 29.2 Å². The monoisotopic (exact) mass is 314 g/mol. The Morgan fingerprint density at radius 3 is 2.70 bits per heavy atom. The number of carbonyl (C=O) groups is 1. The highest BCUT2D eigenvalue weighted by Gasteiger charge is 2.04. The van der Waals surface area contributed by atoms with Gasteiger partial charge in [-0.2, -0.15) is 0 Å². The highest BCUT2D eigenvalue weighted by molar-refractivity contribution is 7.99. The number of amides is 1. The quantitative estimate of drug-likeness (QED) is 0.542. The Bertz CT molecular complexity index is 397. The van der Waals surface area contributed by atoms with Crippen LogP contribution >= 0.6 is 23.4 Å². The van der Waals surface area contributed by atoms with Crippen LogP contribution in [0.4, 0.5) is 0 Å². The van der Waals surface area contributed by atoms with Crippen LogP contribution in [-0.2, 0) is 4.79 Å². The maximum atomic E-state index is 11.6. The molecule has 2 N–H and O–H groups in total. The summed E-state index contributed by atoms with van der Waals surface area (Å²) in [7, 11) is 0. The average Bonchev–Trinajstić information content (AvgIpc) is 2.43. The number of hydrogen-bond acceptors (Lipinski definition) is 3. The van der Waals surface area contributed by atoms with Gasteiger partial charge in [0.2, 0.25) is 5.91 Å². The van der Waals surface area contributed by atoms with Crippen LogP contribution in [-0.4, -0.2) is 30.8 Å². The summed E-state index contributed by atoms with van der Waals surface area (Å²) in [5.74, 6) is 1.07. The van der Waals surface area contributed by atoms with Crippen molar-refractivity contribution in [1.29, 1.82) is 0 Å². The van der Waals surface area contributed by atoms with Gasteiger partial charge in [0.15, 0.2) is 0 Å². The summed E-state index contributed by atoms with van der Waals surface area (Å²) < 4.78 is 0. The van der Waals surface area contributed by atoms with Crippen LogP contribution in [0, 0.1) is 0 Å². The zero-order valence-electron chi connectivity index (χ0n) is 12.1. The number of carbonyl (C=O) groups excluding carboxylic acids is 1. The second-order valence-corrected chi connectivity index (χ2v) is 6.27. The first-order valence-electron chi connectivity index (χ1n) is 7.00. The minimum Gasteiger partial charge on any atom is -0.355 e. The minimum atomic E-state index is 0.131. The second-order valence-electron chi connectivity index (χ2n) is 4.67. The maximum Gasteiger partial charge on any atom is 0.220 e. The lowest BCUT2D eigenvalue weighted by Gasteiger charge is -2.13. The molecule has 0 heterocycles. The van der Waals surface area contributed by atoms with E-state index in [1.165, 1.54) is 4.90 Å².